The maximum absolute atomic E-state index is 12.4. The number of amides is 1. The van der Waals surface area contributed by atoms with Crippen LogP contribution in [0, 0.1) is 0 Å². The summed E-state index contributed by atoms with van der Waals surface area (Å²) in [7, 11) is 0. The Morgan fingerprint density at radius 3 is 2.75 bits per heavy atom. The lowest BCUT2D eigenvalue weighted by molar-refractivity contribution is -0.155. The van der Waals surface area contributed by atoms with Gasteiger partial charge in [-0.3, -0.25) is 9.78 Å². The standard InChI is InChI=1S/C14H20N2O4/c1-2-16(11-8-20-9-12(17)14(11)19)13(18)7-10-3-5-15-6-4-10/h3-6,11-12,14,17,19H,2,7-9H2,1H3/t11-,12-,14+/m1/s1. The number of aromatic nitrogens is 1. The van der Waals surface area contributed by atoms with Crippen molar-refractivity contribution in [3.63, 3.8) is 0 Å². The number of hydrogen-bond acceptors (Lipinski definition) is 5. The average Bonchev–Trinajstić information content (AvgIpc) is 2.45. The van der Waals surface area contributed by atoms with E-state index in [1.54, 1.807) is 29.4 Å². The van der Waals surface area contributed by atoms with Crippen LogP contribution >= 0.6 is 0 Å². The van der Waals surface area contributed by atoms with Crippen molar-refractivity contribution in [3.05, 3.63) is 30.1 Å². The van der Waals surface area contributed by atoms with Crippen LogP contribution in [0.2, 0.25) is 0 Å². The molecule has 1 aliphatic rings. The minimum Gasteiger partial charge on any atom is -0.388 e. The van der Waals surface area contributed by atoms with Crippen molar-refractivity contribution in [2.75, 3.05) is 19.8 Å². The smallest absolute Gasteiger partial charge is 0.227 e. The lowest BCUT2D eigenvalue weighted by Crippen LogP contribution is -2.57. The molecule has 2 rings (SSSR count). The topological polar surface area (TPSA) is 82.9 Å². The van der Waals surface area contributed by atoms with Crippen molar-refractivity contribution < 1.29 is 19.7 Å². The van der Waals surface area contributed by atoms with Gasteiger partial charge in [-0.25, -0.2) is 0 Å². The van der Waals surface area contributed by atoms with Gasteiger partial charge < -0.3 is 19.8 Å². The van der Waals surface area contributed by atoms with Crippen LogP contribution in [0.1, 0.15) is 12.5 Å². The fourth-order valence-corrected chi connectivity index (χ4v) is 2.41. The third kappa shape index (κ3) is 3.33. The Hall–Kier alpha value is -1.50. The summed E-state index contributed by atoms with van der Waals surface area (Å²) in [5.41, 5.74) is 0.871. The Bertz CT molecular complexity index is 440. The van der Waals surface area contributed by atoms with Crippen LogP contribution in [0.3, 0.4) is 0 Å². The summed E-state index contributed by atoms with van der Waals surface area (Å²) in [4.78, 5) is 17.8. The highest BCUT2D eigenvalue weighted by molar-refractivity contribution is 5.79. The summed E-state index contributed by atoms with van der Waals surface area (Å²) in [5.74, 6) is -0.0968. The molecular formula is C14H20N2O4. The molecule has 0 radical (unpaired) electrons. The van der Waals surface area contributed by atoms with Gasteiger partial charge in [0.2, 0.25) is 5.91 Å². The third-order valence-corrected chi connectivity index (χ3v) is 3.53. The van der Waals surface area contributed by atoms with Crippen LogP contribution in [-0.2, 0) is 16.0 Å². The number of hydrogen-bond donors (Lipinski definition) is 2. The molecule has 2 heterocycles. The fourth-order valence-electron chi connectivity index (χ4n) is 2.41. The van der Waals surface area contributed by atoms with E-state index in [2.05, 4.69) is 4.98 Å². The van der Waals surface area contributed by atoms with Crippen LogP contribution in [0.5, 0.6) is 0 Å². The predicted octanol–water partition coefficient (Wildman–Crippen LogP) is -0.407. The maximum Gasteiger partial charge on any atom is 0.227 e. The highest BCUT2D eigenvalue weighted by Crippen LogP contribution is 2.16. The van der Waals surface area contributed by atoms with E-state index in [0.29, 0.717) is 6.54 Å². The zero-order chi connectivity index (χ0) is 14.5. The molecule has 1 aromatic rings. The number of nitrogens with zero attached hydrogens (tertiary/aromatic N) is 2. The first kappa shape index (κ1) is 14.9. The monoisotopic (exact) mass is 280 g/mol. The molecule has 2 N–H and O–H groups in total. The maximum atomic E-state index is 12.4. The van der Waals surface area contributed by atoms with Crippen molar-refractivity contribution in [2.45, 2.75) is 31.6 Å². The molecule has 1 amide bonds. The molecule has 1 saturated heterocycles. The molecular weight excluding hydrogens is 260 g/mol. The van der Waals surface area contributed by atoms with Crippen molar-refractivity contribution in [3.8, 4) is 0 Å². The number of carbonyl (C=O) groups is 1. The van der Waals surface area contributed by atoms with E-state index in [1.165, 1.54) is 0 Å². The van der Waals surface area contributed by atoms with Gasteiger partial charge in [0.05, 0.1) is 25.7 Å². The van der Waals surface area contributed by atoms with Crippen LogP contribution < -0.4 is 0 Å². The van der Waals surface area contributed by atoms with Crippen molar-refractivity contribution in [1.82, 2.24) is 9.88 Å². The summed E-state index contributed by atoms with van der Waals surface area (Å²) < 4.78 is 5.23. The fraction of sp³-hybridized carbons (Fsp3) is 0.571. The first-order chi connectivity index (χ1) is 9.63. The number of ether oxygens (including phenoxy) is 1. The minimum absolute atomic E-state index is 0.0968. The van der Waals surface area contributed by atoms with Gasteiger partial charge in [-0.05, 0) is 24.6 Å². The van der Waals surface area contributed by atoms with Crippen LogP contribution in [0.25, 0.3) is 0 Å². The van der Waals surface area contributed by atoms with Gasteiger partial charge in [0.1, 0.15) is 12.2 Å². The lowest BCUT2D eigenvalue weighted by atomic mass is 10.0. The number of aliphatic hydroxyl groups is 2. The number of carbonyl (C=O) groups excluding carboxylic acids is 1. The van der Waals surface area contributed by atoms with Crippen molar-refractivity contribution in [1.29, 1.82) is 0 Å². The Kier molecular flexibility index (Phi) is 5.05. The van der Waals surface area contributed by atoms with E-state index in [1.807, 2.05) is 6.92 Å². The summed E-state index contributed by atoms with van der Waals surface area (Å²) >= 11 is 0. The normalized spacial score (nSPS) is 26.2. The zero-order valence-corrected chi connectivity index (χ0v) is 11.5. The van der Waals surface area contributed by atoms with Crippen LogP contribution in [-0.4, -0.2) is 64.0 Å². The second kappa shape index (κ2) is 6.78. The second-order valence-corrected chi connectivity index (χ2v) is 4.87. The Morgan fingerprint density at radius 2 is 2.10 bits per heavy atom. The van der Waals surface area contributed by atoms with Gasteiger partial charge in [-0.1, -0.05) is 0 Å². The summed E-state index contributed by atoms with van der Waals surface area (Å²) in [5, 5.41) is 19.7. The van der Waals surface area contributed by atoms with Gasteiger partial charge in [-0.2, -0.15) is 0 Å². The molecule has 0 spiro atoms. The number of likely N-dealkylation sites (N-methyl/N-ethyl adjacent to an activating group) is 1. The predicted molar refractivity (Wildman–Crippen MR) is 71.9 cm³/mol. The van der Waals surface area contributed by atoms with Crippen molar-refractivity contribution >= 4 is 5.91 Å². The molecule has 0 bridgehead atoms. The van der Waals surface area contributed by atoms with Gasteiger partial charge in [-0.15, -0.1) is 0 Å². The average molecular weight is 280 g/mol. The van der Waals surface area contributed by atoms with E-state index in [-0.39, 0.29) is 25.5 Å². The van der Waals surface area contributed by atoms with E-state index < -0.39 is 18.2 Å². The molecule has 1 aromatic heterocycles. The Morgan fingerprint density at radius 1 is 1.40 bits per heavy atom. The van der Waals surface area contributed by atoms with Gasteiger partial charge in [0.15, 0.2) is 0 Å². The highest BCUT2D eigenvalue weighted by atomic mass is 16.5. The number of pyridine rings is 1. The van der Waals surface area contributed by atoms with Crippen molar-refractivity contribution in [2.24, 2.45) is 0 Å². The third-order valence-electron chi connectivity index (χ3n) is 3.53. The molecule has 1 aliphatic heterocycles. The lowest BCUT2D eigenvalue weighted by Gasteiger charge is -2.39. The Balaban J connectivity index is 2.05. The Labute approximate surface area is 118 Å². The van der Waals surface area contributed by atoms with E-state index in [0.717, 1.165) is 5.56 Å². The molecule has 0 aromatic carbocycles. The molecule has 6 heteroatoms. The summed E-state index contributed by atoms with van der Waals surface area (Å²) in [6.45, 7) is 2.65. The molecule has 0 unspecified atom stereocenters. The molecule has 20 heavy (non-hydrogen) atoms. The summed E-state index contributed by atoms with van der Waals surface area (Å²) in [6, 6.07) is 3.07. The second-order valence-electron chi connectivity index (χ2n) is 4.87. The minimum atomic E-state index is -0.968. The first-order valence-electron chi connectivity index (χ1n) is 6.75. The molecule has 1 fully saturated rings. The summed E-state index contributed by atoms with van der Waals surface area (Å²) in [6.07, 6.45) is 1.61. The van der Waals surface area contributed by atoms with Gasteiger partial charge >= 0.3 is 0 Å². The zero-order valence-electron chi connectivity index (χ0n) is 11.5. The molecule has 6 nitrogen and oxygen atoms in total. The number of aliphatic hydroxyl groups excluding tert-OH is 2. The van der Waals surface area contributed by atoms with Gasteiger partial charge in [0, 0.05) is 18.9 Å². The van der Waals surface area contributed by atoms with E-state index >= 15 is 0 Å². The quantitative estimate of drug-likeness (QED) is 0.783. The highest BCUT2D eigenvalue weighted by Gasteiger charge is 2.36. The first-order valence-corrected chi connectivity index (χ1v) is 6.75. The van der Waals surface area contributed by atoms with Crippen LogP contribution in [0.15, 0.2) is 24.5 Å². The largest absolute Gasteiger partial charge is 0.388 e. The van der Waals surface area contributed by atoms with Gasteiger partial charge in [0.25, 0.3) is 0 Å². The molecule has 110 valence electrons. The SMILES string of the molecule is CCN(C(=O)Cc1ccncc1)[C@@H]1COC[C@@H](O)[C@H]1O. The number of rotatable bonds is 4. The molecule has 3 atom stereocenters. The van der Waals surface area contributed by atoms with E-state index in [4.69, 9.17) is 4.74 Å². The molecule has 0 saturated carbocycles. The van der Waals surface area contributed by atoms with E-state index in [9.17, 15) is 15.0 Å². The molecule has 0 aliphatic carbocycles. The van der Waals surface area contributed by atoms with Crippen LogP contribution in [0.4, 0.5) is 0 Å².